The van der Waals surface area contributed by atoms with Gasteiger partial charge in [-0.25, -0.2) is 0 Å². The molecule has 0 aliphatic carbocycles. The van der Waals surface area contributed by atoms with E-state index in [0.29, 0.717) is 12.0 Å². The Hall–Kier alpha value is -1.12. The maximum atomic E-state index is 3.69. The van der Waals surface area contributed by atoms with Crippen LogP contribution in [-0.4, -0.2) is 0 Å². The van der Waals surface area contributed by atoms with E-state index < -0.39 is 0 Å². The lowest BCUT2D eigenvalue weighted by atomic mass is 9.94. The van der Waals surface area contributed by atoms with E-state index in [-0.39, 0.29) is 0 Å². The Morgan fingerprint density at radius 2 is 1.48 bits per heavy atom. The molecule has 0 saturated heterocycles. The molecule has 1 nitrogen and oxygen atoms in total. The van der Waals surface area contributed by atoms with Crippen LogP contribution in [0.1, 0.15) is 43.5 Å². The van der Waals surface area contributed by atoms with E-state index in [0.717, 1.165) is 17.4 Å². The minimum Gasteiger partial charge on any atom is -0.306 e. The number of aryl methyl sites for hydroxylation is 1. The first-order valence-electron chi connectivity index (χ1n) is 7.66. The van der Waals surface area contributed by atoms with Gasteiger partial charge in [-0.2, -0.15) is 0 Å². The molecule has 2 heteroatoms. The quantitative estimate of drug-likeness (QED) is 0.728. The minimum absolute atomic E-state index is 0.388. The first-order chi connectivity index (χ1) is 10.1. The summed E-state index contributed by atoms with van der Waals surface area (Å²) in [6.07, 6.45) is 1.10. The van der Waals surface area contributed by atoms with Gasteiger partial charge in [0.2, 0.25) is 0 Å². The number of hydrogen-bond donors (Lipinski definition) is 1. The van der Waals surface area contributed by atoms with Crippen LogP contribution in [0.25, 0.3) is 0 Å². The molecule has 2 rings (SSSR count). The van der Waals surface area contributed by atoms with Crippen molar-refractivity contribution in [3.8, 4) is 0 Å². The zero-order valence-corrected chi connectivity index (χ0v) is 14.7. The molecular weight excluding hydrogens is 322 g/mol. The van der Waals surface area contributed by atoms with E-state index in [1.807, 2.05) is 0 Å². The Kier molecular flexibility index (Phi) is 6.01. The van der Waals surface area contributed by atoms with Gasteiger partial charge < -0.3 is 5.32 Å². The smallest absolute Gasteiger partial charge is 0.0346 e. The fourth-order valence-corrected chi connectivity index (χ4v) is 2.79. The van der Waals surface area contributed by atoms with E-state index in [1.165, 1.54) is 16.7 Å². The molecule has 0 saturated carbocycles. The van der Waals surface area contributed by atoms with Crippen LogP contribution < -0.4 is 5.32 Å². The lowest BCUT2D eigenvalue weighted by molar-refractivity contribution is 0.410. The Balaban J connectivity index is 2.06. The highest BCUT2D eigenvalue weighted by molar-refractivity contribution is 9.10. The monoisotopic (exact) mass is 345 g/mol. The van der Waals surface area contributed by atoms with Gasteiger partial charge in [-0.05, 0) is 41.2 Å². The highest BCUT2D eigenvalue weighted by atomic mass is 79.9. The van der Waals surface area contributed by atoms with Crippen LogP contribution in [0.15, 0.2) is 53.0 Å². The van der Waals surface area contributed by atoms with Crippen LogP contribution in [-0.2, 0) is 13.0 Å². The number of hydrogen-bond acceptors (Lipinski definition) is 1. The van der Waals surface area contributed by atoms with Crippen molar-refractivity contribution in [2.75, 3.05) is 0 Å². The van der Waals surface area contributed by atoms with Gasteiger partial charge in [0.25, 0.3) is 0 Å². The van der Waals surface area contributed by atoms with Crippen molar-refractivity contribution >= 4 is 15.9 Å². The SMILES string of the molecule is CCc1ccc(C(NCc2ccc(Br)cc2)C(C)C)cc1. The molecule has 2 aromatic rings. The first-order valence-corrected chi connectivity index (χ1v) is 8.46. The molecule has 0 spiro atoms. The average Bonchev–Trinajstić information content (AvgIpc) is 2.49. The van der Waals surface area contributed by atoms with Crippen molar-refractivity contribution in [1.82, 2.24) is 5.32 Å². The van der Waals surface area contributed by atoms with Crippen molar-refractivity contribution in [1.29, 1.82) is 0 Å². The maximum Gasteiger partial charge on any atom is 0.0346 e. The predicted molar refractivity (Wildman–Crippen MR) is 94.4 cm³/mol. The van der Waals surface area contributed by atoms with Crippen LogP contribution in [0, 0.1) is 5.92 Å². The van der Waals surface area contributed by atoms with Crippen LogP contribution >= 0.6 is 15.9 Å². The van der Waals surface area contributed by atoms with E-state index in [9.17, 15) is 0 Å². The maximum absolute atomic E-state index is 3.69. The number of nitrogens with one attached hydrogen (secondary N) is 1. The third-order valence-corrected chi connectivity index (χ3v) is 4.38. The summed E-state index contributed by atoms with van der Waals surface area (Å²) in [5.41, 5.74) is 4.09. The summed E-state index contributed by atoms with van der Waals surface area (Å²) in [6.45, 7) is 7.63. The number of benzene rings is 2. The Morgan fingerprint density at radius 1 is 0.905 bits per heavy atom. The molecule has 1 unspecified atom stereocenters. The first kappa shape index (κ1) is 16.3. The molecule has 0 aliphatic rings. The molecule has 21 heavy (non-hydrogen) atoms. The van der Waals surface area contributed by atoms with Crippen molar-refractivity contribution < 1.29 is 0 Å². The van der Waals surface area contributed by atoms with E-state index >= 15 is 0 Å². The van der Waals surface area contributed by atoms with Crippen LogP contribution in [0.4, 0.5) is 0 Å². The van der Waals surface area contributed by atoms with Crippen molar-refractivity contribution in [3.05, 3.63) is 69.7 Å². The number of rotatable bonds is 6. The molecule has 0 amide bonds. The normalized spacial score (nSPS) is 12.6. The molecule has 0 aromatic heterocycles. The largest absolute Gasteiger partial charge is 0.306 e. The zero-order valence-electron chi connectivity index (χ0n) is 13.1. The Labute approximate surface area is 136 Å². The molecule has 0 bridgehead atoms. The van der Waals surface area contributed by atoms with Crippen LogP contribution in [0.2, 0.25) is 0 Å². The van der Waals surface area contributed by atoms with Gasteiger partial charge in [-0.1, -0.05) is 73.1 Å². The molecular formula is C19H24BrN. The molecule has 0 heterocycles. The highest BCUT2D eigenvalue weighted by Gasteiger charge is 2.15. The zero-order chi connectivity index (χ0) is 15.2. The lowest BCUT2D eigenvalue weighted by Crippen LogP contribution is -2.25. The molecule has 0 aliphatic heterocycles. The summed E-state index contributed by atoms with van der Waals surface area (Å²) >= 11 is 3.48. The van der Waals surface area contributed by atoms with Crippen LogP contribution in [0.5, 0.6) is 0 Å². The average molecular weight is 346 g/mol. The molecule has 112 valence electrons. The fourth-order valence-electron chi connectivity index (χ4n) is 2.53. The predicted octanol–water partition coefficient (Wildman–Crippen LogP) is 5.50. The van der Waals surface area contributed by atoms with E-state index in [2.05, 4.69) is 90.5 Å². The van der Waals surface area contributed by atoms with Crippen LogP contribution in [0.3, 0.4) is 0 Å². The van der Waals surface area contributed by atoms with E-state index in [4.69, 9.17) is 0 Å². The molecule has 2 aromatic carbocycles. The lowest BCUT2D eigenvalue weighted by Gasteiger charge is -2.23. The summed E-state index contributed by atoms with van der Waals surface area (Å²) in [5.74, 6) is 0.563. The van der Waals surface area contributed by atoms with Crippen molar-refractivity contribution in [2.45, 2.75) is 39.8 Å². The van der Waals surface area contributed by atoms with Gasteiger partial charge in [0.05, 0.1) is 0 Å². The topological polar surface area (TPSA) is 12.0 Å². The fraction of sp³-hybridized carbons (Fsp3) is 0.368. The van der Waals surface area contributed by atoms with Gasteiger partial charge in [0.15, 0.2) is 0 Å². The van der Waals surface area contributed by atoms with Gasteiger partial charge in [-0.3, -0.25) is 0 Å². The standard InChI is InChI=1S/C19H24BrN/c1-4-15-5-9-17(10-6-15)19(14(2)3)21-13-16-7-11-18(20)12-8-16/h5-12,14,19,21H,4,13H2,1-3H3. The van der Waals surface area contributed by atoms with Gasteiger partial charge in [0.1, 0.15) is 0 Å². The summed E-state index contributed by atoms with van der Waals surface area (Å²) in [5, 5.41) is 3.69. The summed E-state index contributed by atoms with van der Waals surface area (Å²) < 4.78 is 1.13. The Bertz CT molecular complexity index is 543. The summed E-state index contributed by atoms with van der Waals surface area (Å²) in [6, 6.07) is 17.9. The third kappa shape index (κ3) is 4.69. The van der Waals surface area contributed by atoms with Gasteiger partial charge >= 0.3 is 0 Å². The van der Waals surface area contributed by atoms with Crippen molar-refractivity contribution in [2.24, 2.45) is 5.92 Å². The molecule has 1 atom stereocenters. The third-order valence-electron chi connectivity index (χ3n) is 3.85. The second kappa shape index (κ2) is 7.77. The highest BCUT2D eigenvalue weighted by Crippen LogP contribution is 2.23. The summed E-state index contributed by atoms with van der Waals surface area (Å²) in [7, 11) is 0. The molecule has 0 radical (unpaired) electrons. The second-order valence-electron chi connectivity index (χ2n) is 5.82. The second-order valence-corrected chi connectivity index (χ2v) is 6.74. The van der Waals surface area contributed by atoms with Crippen molar-refractivity contribution in [3.63, 3.8) is 0 Å². The summed E-state index contributed by atoms with van der Waals surface area (Å²) in [4.78, 5) is 0. The Morgan fingerprint density at radius 3 is 2.00 bits per heavy atom. The molecule has 0 fully saturated rings. The van der Waals surface area contributed by atoms with Gasteiger partial charge in [-0.15, -0.1) is 0 Å². The minimum atomic E-state index is 0.388. The van der Waals surface area contributed by atoms with E-state index in [1.54, 1.807) is 0 Å². The van der Waals surface area contributed by atoms with Gasteiger partial charge in [0, 0.05) is 17.1 Å². The molecule has 1 N–H and O–H groups in total. The number of halogens is 1.